The van der Waals surface area contributed by atoms with Gasteiger partial charge in [-0.25, -0.2) is 4.68 Å². The molecule has 0 radical (unpaired) electrons. The number of aliphatic hydroxyl groups is 1. The molecule has 2 aromatic heterocycles. The quantitative estimate of drug-likeness (QED) is 0.695. The fourth-order valence-electron chi connectivity index (χ4n) is 4.88. The van der Waals surface area contributed by atoms with Crippen molar-refractivity contribution in [1.82, 2.24) is 19.7 Å². The van der Waals surface area contributed by atoms with E-state index in [1.54, 1.807) is 10.7 Å². The minimum Gasteiger partial charge on any atom is -0.393 e. The smallest absolute Gasteiger partial charge is 0.269 e. The molecular weight excluding hydrogens is 378 g/mol. The molecule has 1 atom stereocenters. The number of fused-ring (bicyclic) bond motifs is 1. The van der Waals surface area contributed by atoms with Gasteiger partial charge in [-0.1, -0.05) is 12.1 Å². The van der Waals surface area contributed by atoms with Crippen LogP contribution >= 0.6 is 0 Å². The molecule has 2 aliphatic rings. The largest absolute Gasteiger partial charge is 0.393 e. The number of hydrogen-bond acceptors (Lipinski definition) is 5. The second-order valence-corrected chi connectivity index (χ2v) is 8.60. The van der Waals surface area contributed by atoms with E-state index in [0.717, 1.165) is 64.1 Å². The lowest BCUT2D eigenvalue weighted by Gasteiger charge is -2.34. The second-order valence-electron chi connectivity index (χ2n) is 8.60. The lowest BCUT2D eigenvalue weighted by atomic mass is 10.0. The van der Waals surface area contributed by atoms with E-state index in [4.69, 9.17) is 0 Å². The third kappa shape index (κ3) is 3.87. The van der Waals surface area contributed by atoms with Crippen molar-refractivity contribution in [2.45, 2.75) is 44.4 Å². The molecule has 7 heteroatoms. The van der Waals surface area contributed by atoms with Crippen molar-refractivity contribution in [3.05, 3.63) is 58.6 Å². The maximum Gasteiger partial charge on any atom is 0.269 e. The minimum absolute atomic E-state index is 0.0294. The van der Waals surface area contributed by atoms with E-state index < -0.39 is 0 Å². The van der Waals surface area contributed by atoms with E-state index in [1.807, 2.05) is 12.4 Å². The van der Waals surface area contributed by atoms with Crippen LogP contribution in [0.2, 0.25) is 0 Å². The molecule has 2 saturated heterocycles. The number of nitrogens with zero attached hydrogens (tertiary/aromatic N) is 4. The lowest BCUT2D eigenvalue weighted by Crippen LogP contribution is -2.41. The van der Waals surface area contributed by atoms with Gasteiger partial charge in [0, 0.05) is 49.3 Å². The number of H-pyrrole nitrogens is 1. The molecule has 2 aliphatic heterocycles. The molecule has 30 heavy (non-hydrogen) atoms. The predicted molar refractivity (Wildman–Crippen MR) is 118 cm³/mol. The van der Waals surface area contributed by atoms with Crippen LogP contribution in [-0.4, -0.2) is 57.1 Å². The van der Waals surface area contributed by atoms with E-state index in [-0.39, 0.29) is 17.7 Å². The first kappa shape index (κ1) is 19.3. The number of likely N-dealkylation sites (tertiary alicyclic amines) is 1. The van der Waals surface area contributed by atoms with Crippen LogP contribution in [0.3, 0.4) is 0 Å². The standard InChI is InChI=1S/C23H29N5O2/c29-20-7-11-27(12-8-20)19-13-23(30)28(25-14-19)18-4-2-10-26(16-18)15-17-3-1-5-22-21(17)6-9-24-22/h1,3,5-6,9,13-14,18,20,24,29H,2,4,7-8,10-12,15-16H2/t18-/m1/s1. The Labute approximate surface area is 175 Å². The zero-order chi connectivity index (χ0) is 20.5. The van der Waals surface area contributed by atoms with Gasteiger partial charge in [-0.3, -0.25) is 9.69 Å². The Hall–Kier alpha value is -2.64. The summed E-state index contributed by atoms with van der Waals surface area (Å²) < 4.78 is 1.67. The summed E-state index contributed by atoms with van der Waals surface area (Å²) in [5.74, 6) is 0. The Morgan fingerprint density at radius 2 is 2.00 bits per heavy atom. The molecule has 1 aromatic carbocycles. The zero-order valence-corrected chi connectivity index (χ0v) is 17.2. The van der Waals surface area contributed by atoms with Gasteiger partial charge in [-0.15, -0.1) is 0 Å². The monoisotopic (exact) mass is 407 g/mol. The highest BCUT2D eigenvalue weighted by Gasteiger charge is 2.24. The van der Waals surface area contributed by atoms with Crippen molar-refractivity contribution >= 4 is 16.6 Å². The topological polar surface area (TPSA) is 77.4 Å². The number of hydrogen-bond donors (Lipinski definition) is 2. The second kappa shape index (κ2) is 8.24. The van der Waals surface area contributed by atoms with Crippen LogP contribution in [0.4, 0.5) is 5.69 Å². The first-order valence-electron chi connectivity index (χ1n) is 11.0. The van der Waals surface area contributed by atoms with Gasteiger partial charge in [0.2, 0.25) is 0 Å². The predicted octanol–water partition coefficient (Wildman–Crippen LogP) is 2.52. The summed E-state index contributed by atoms with van der Waals surface area (Å²) in [6.07, 6.45) is 7.11. The van der Waals surface area contributed by atoms with E-state index >= 15 is 0 Å². The van der Waals surface area contributed by atoms with Crippen LogP contribution in [0.5, 0.6) is 0 Å². The molecule has 0 saturated carbocycles. The molecule has 2 fully saturated rings. The van der Waals surface area contributed by atoms with Gasteiger partial charge in [0.25, 0.3) is 5.56 Å². The summed E-state index contributed by atoms with van der Waals surface area (Å²) in [7, 11) is 0. The number of aliphatic hydroxyl groups excluding tert-OH is 1. The molecule has 0 spiro atoms. The summed E-state index contributed by atoms with van der Waals surface area (Å²) in [5.41, 5.74) is 3.32. The van der Waals surface area contributed by atoms with Crippen LogP contribution in [0, 0.1) is 0 Å². The summed E-state index contributed by atoms with van der Waals surface area (Å²) in [6, 6.07) is 10.3. The lowest BCUT2D eigenvalue weighted by molar-refractivity contribution is 0.145. The third-order valence-corrected chi connectivity index (χ3v) is 6.55. The number of nitrogens with one attached hydrogen (secondary N) is 1. The maximum absolute atomic E-state index is 12.9. The maximum atomic E-state index is 12.9. The molecule has 2 N–H and O–H groups in total. The zero-order valence-electron chi connectivity index (χ0n) is 17.2. The first-order chi connectivity index (χ1) is 14.7. The molecule has 5 rings (SSSR count). The van der Waals surface area contributed by atoms with Crippen molar-refractivity contribution < 1.29 is 5.11 Å². The Morgan fingerprint density at radius 3 is 2.83 bits per heavy atom. The third-order valence-electron chi connectivity index (χ3n) is 6.55. The Bertz CT molecular complexity index is 1070. The summed E-state index contributed by atoms with van der Waals surface area (Å²) in [4.78, 5) is 20.7. The minimum atomic E-state index is -0.222. The highest BCUT2D eigenvalue weighted by molar-refractivity contribution is 5.82. The van der Waals surface area contributed by atoms with Crippen molar-refractivity contribution in [3.8, 4) is 0 Å². The van der Waals surface area contributed by atoms with Crippen molar-refractivity contribution in [2.24, 2.45) is 0 Å². The van der Waals surface area contributed by atoms with E-state index in [2.05, 4.69) is 44.1 Å². The van der Waals surface area contributed by atoms with E-state index in [0.29, 0.717) is 0 Å². The van der Waals surface area contributed by atoms with Crippen LogP contribution in [-0.2, 0) is 6.54 Å². The van der Waals surface area contributed by atoms with Gasteiger partial charge in [0.15, 0.2) is 0 Å². The van der Waals surface area contributed by atoms with Gasteiger partial charge in [0.1, 0.15) is 0 Å². The Morgan fingerprint density at radius 1 is 1.13 bits per heavy atom. The fraction of sp³-hybridized carbons (Fsp3) is 0.478. The average molecular weight is 408 g/mol. The van der Waals surface area contributed by atoms with Crippen molar-refractivity contribution in [2.75, 3.05) is 31.1 Å². The SMILES string of the molecule is O=c1cc(N2CCC(O)CC2)cnn1[C@@H]1CCCN(Cc2cccc3[nH]ccc23)C1. The van der Waals surface area contributed by atoms with Gasteiger partial charge in [0.05, 0.1) is 24.0 Å². The molecule has 4 heterocycles. The van der Waals surface area contributed by atoms with Crippen molar-refractivity contribution in [3.63, 3.8) is 0 Å². The van der Waals surface area contributed by atoms with Crippen LogP contribution in [0.15, 0.2) is 47.5 Å². The summed E-state index contributed by atoms with van der Waals surface area (Å²) in [6.45, 7) is 4.31. The van der Waals surface area contributed by atoms with Crippen LogP contribution in [0.1, 0.15) is 37.3 Å². The van der Waals surface area contributed by atoms with Crippen LogP contribution < -0.4 is 10.5 Å². The Balaban J connectivity index is 1.30. The van der Waals surface area contributed by atoms with Gasteiger partial charge >= 0.3 is 0 Å². The molecule has 0 bridgehead atoms. The van der Waals surface area contributed by atoms with Gasteiger partial charge < -0.3 is 15.0 Å². The Kier molecular flexibility index (Phi) is 5.31. The first-order valence-corrected chi connectivity index (χ1v) is 11.0. The average Bonchev–Trinajstić information content (AvgIpc) is 3.24. The summed E-state index contributed by atoms with van der Waals surface area (Å²) in [5, 5.41) is 15.5. The molecule has 158 valence electrons. The van der Waals surface area contributed by atoms with Crippen LogP contribution in [0.25, 0.3) is 10.9 Å². The number of anilines is 1. The molecule has 3 aromatic rings. The molecular formula is C23H29N5O2. The van der Waals surface area contributed by atoms with Gasteiger partial charge in [-0.05, 0) is 49.9 Å². The number of benzene rings is 1. The molecule has 0 unspecified atom stereocenters. The van der Waals surface area contributed by atoms with E-state index in [1.165, 1.54) is 16.5 Å². The molecule has 7 nitrogen and oxygen atoms in total. The number of rotatable bonds is 4. The summed E-state index contributed by atoms with van der Waals surface area (Å²) >= 11 is 0. The molecule has 0 aliphatic carbocycles. The highest BCUT2D eigenvalue weighted by atomic mass is 16.3. The number of piperidine rings is 2. The van der Waals surface area contributed by atoms with Crippen molar-refractivity contribution in [1.29, 1.82) is 0 Å². The van der Waals surface area contributed by atoms with E-state index in [9.17, 15) is 9.90 Å². The van der Waals surface area contributed by atoms with Gasteiger partial charge in [-0.2, -0.15) is 5.10 Å². The normalized spacial score (nSPS) is 21.4. The molecule has 0 amide bonds. The fourth-order valence-corrected chi connectivity index (χ4v) is 4.88. The number of aromatic amines is 1. The highest BCUT2D eigenvalue weighted by Crippen LogP contribution is 2.25. The number of aromatic nitrogens is 3.